The normalized spacial score (nSPS) is 10.1. The Morgan fingerprint density at radius 1 is 1.13 bits per heavy atom. The first-order valence-corrected chi connectivity index (χ1v) is 4.91. The predicted octanol–water partition coefficient (Wildman–Crippen LogP) is 3.14. The maximum absolute atomic E-state index is 10.5. The summed E-state index contributed by atoms with van der Waals surface area (Å²) in [5.74, 6) is 0. The fourth-order valence-corrected chi connectivity index (χ4v) is 1.73. The molecule has 0 bridgehead atoms. The topological polar surface area (TPSA) is 17.1 Å². The van der Waals surface area contributed by atoms with E-state index < -0.39 is 0 Å². The Hall–Kier alpha value is -1.89. The van der Waals surface area contributed by atoms with Gasteiger partial charge in [0.2, 0.25) is 0 Å². The molecule has 0 heterocycles. The first-order valence-electron chi connectivity index (χ1n) is 4.91. The Bertz CT molecular complexity index is 506. The fraction of sp³-hybridized carbons (Fsp3) is 0.0714. The number of allylic oxidation sites excluding steroid dienone is 1. The molecule has 0 unspecified atom stereocenters. The Balaban J connectivity index is 2.51. The van der Waals surface area contributed by atoms with E-state index in [2.05, 4.69) is 24.8 Å². The molecule has 0 radical (unpaired) electrons. The molecule has 2 aromatic rings. The SMILES string of the molecule is C=C(C=O)Cc1cccc2ccccc12. The molecule has 2 rings (SSSR count). The number of aldehydes is 1. The summed E-state index contributed by atoms with van der Waals surface area (Å²) in [5, 5.41) is 2.40. The van der Waals surface area contributed by atoms with Gasteiger partial charge in [-0.25, -0.2) is 0 Å². The average Bonchev–Trinajstić information content (AvgIpc) is 2.29. The third-order valence-electron chi connectivity index (χ3n) is 2.46. The van der Waals surface area contributed by atoms with Gasteiger partial charge in [0.1, 0.15) is 6.29 Å². The van der Waals surface area contributed by atoms with Crippen LogP contribution in [0.15, 0.2) is 54.6 Å². The zero-order valence-electron chi connectivity index (χ0n) is 8.44. The molecule has 0 atom stereocenters. The molecule has 0 fully saturated rings. The lowest BCUT2D eigenvalue weighted by molar-refractivity contribution is -0.104. The van der Waals surface area contributed by atoms with Crippen LogP contribution >= 0.6 is 0 Å². The summed E-state index contributed by atoms with van der Waals surface area (Å²) in [4.78, 5) is 10.5. The molecule has 1 nitrogen and oxygen atoms in total. The molecule has 0 amide bonds. The summed E-state index contributed by atoms with van der Waals surface area (Å²) in [5.41, 5.74) is 1.77. The van der Waals surface area contributed by atoms with Crippen LogP contribution < -0.4 is 0 Å². The van der Waals surface area contributed by atoms with Crippen LogP contribution in [0.1, 0.15) is 5.56 Å². The van der Waals surface area contributed by atoms with E-state index in [0.29, 0.717) is 12.0 Å². The Kier molecular flexibility index (Phi) is 2.64. The molecule has 0 aromatic heterocycles. The van der Waals surface area contributed by atoms with E-state index in [-0.39, 0.29) is 0 Å². The van der Waals surface area contributed by atoms with Crippen LogP contribution in [-0.2, 0) is 11.2 Å². The zero-order chi connectivity index (χ0) is 10.7. The van der Waals surface area contributed by atoms with Crippen molar-refractivity contribution < 1.29 is 4.79 Å². The highest BCUT2D eigenvalue weighted by Gasteiger charge is 2.01. The largest absolute Gasteiger partial charge is 0.298 e. The van der Waals surface area contributed by atoms with Crippen molar-refractivity contribution in [3.63, 3.8) is 0 Å². The number of benzene rings is 2. The fourth-order valence-electron chi connectivity index (χ4n) is 1.73. The maximum atomic E-state index is 10.5. The number of hydrogen-bond acceptors (Lipinski definition) is 1. The second-order valence-electron chi connectivity index (χ2n) is 3.59. The van der Waals surface area contributed by atoms with Gasteiger partial charge in [0, 0.05) is 6.42 Å². The number of carbonyl (C=O) groups excluding carboxylic acids is 1. The van der Waals surface area contributed by atoms with Crippen molar-refractivity contribution in [3.05, 3.63) is 60.2 Å². The summed E-state index contributed by atoms with van der Waals surface area (Å²) < 4.78 is 0. The quantitative estimate of drug-likeness (QED) is 0.544. The van der Waals surface area contributed by atoms with Crippen molar-refractivity contribution >= 4 is 17.1 Å². The van der Waals surface area contributed by atoms with E-state index >= 15 is 0 Å². The first-order chi connectivity index (χ1) is 7.31. The van der Waals surface area contributed by atoms with E-state index in [4.69, 9.17) is 0 Å². The van der Waals surface area contributed by atoms with Gasteiger partial charge >= 0.3 is 0 Å². The van der Waals surface area contributed by atoms with Crippen molar-refractivity contribution in [1.82, 2.24) is 0 Å². The minimum Gasteiger partial charge on any atom is -0.298 e. The van der Waals surface area contributed by atoms with Crippen molar-refractivity contribution in [2.24, 2.45) is 0 Å². The summed E-state index contributed by atoms with van der Waals surface area (Å²) in [6.45, 7) is 3.71. The molecule has 2 aromatic carbocycles. The minimum atomic E-state index is 0.617. The Labute approximate surface area is 89.0 Å². The van der Waals surface area contributed by atoms with Crippen LogP contribution in [0.3, 0.4) is 0 Å². The molecule has 0 aliphatic heterocycles. The van der Waals surface area contributed by atoms with Gasteiger partial charge in [-0.2, -0.15) is 0 Å². The Morgan fingerprint density at radius 2 is 1.87 bits per heavy atom. The van der Waals surface area contributed by atoms with Crippen molar-refractivity contribution in [2.45, 2.75) is 6.42 Å². The summed E-state index contributed by atoms with van der Waals surface area (Å²) in [6, 6.07) is 14.3. The van der Waals surface area contributed by atoms with Gasteiger partial charge in [0.05, 0.1) is 0 Å². The molecular formula is C14H12O. The van der Waals surface area contributed by atoms with Crippen LogP contribution in [0.25, 0.3) is 10.8 Å². The molecule has 0 saturated heterocycles. The van der Waals surface area contributed by atoms with E-state index in [1.165, 1.54) is 10.8 Å². The molecule has 1 heteroatoms. The molecule has 15 heavy (non-hydrogen) atoms. The first kappa shape index (κ1) is 9.66. The van der Waals surface area contributed by atoms with Gasteiger partial charge in [-0.05, 0) is 21.9 Å². The second kappa shape index (κ2) is 4.09. The van der Waals surface area contributed by atoms with E-state index in [1.54, 1.807) is 0 Å². The number of carbonyl (C=O) groups is 1. The Morgan fingerprint density at radius 3 is 2.67 bits per heavy atom. The van der Waals surface area contributed by atoms with Crippen LogP contribution in [-0.4, -0.2) is 6.29 Å². The second-order valence-corrected chi connectivity index (χ2v) is 3.59. The van der Waals surface area contributed by atoms with E-state index in [0.717, 1.165) is 11.8 Å². The number of hydrogen-bond donors (Lipinski definition) is 0. The van der Waals surface area contributed by atoms with Crippen LogP contribution in [0, 0.1) is 0 Å². The number of fused-ring (bicyclic) bond motifs is 1. The van der Waals surface area contributed by atoms with Crippen LogP contribution in [0.5, 0.6) is 0 Å². The molecule has 0 saturated carbocycles. The molecule has 0 aliphatic carbocycles. The predicted molar refractivity (Wildman–Crippen MR) is 62.9 cm³/mol. The zero-order valence-corrected chi connectivity index (χ0v) is 8.44. The van der Waals surface area contributed by atoms with Crippen molar-refractivity contribution in [2.75, 3.05) is 0 Å². The molecular weight excluding hydrogens is 184 g/mol. The summed E-state index contributed by atoms with van der Waals surface area (Å²) in [7, 11) is 0. The van der Waals surface area contributed by atoms with E-state index in [9.17, 15) is 4.79 Å². The van der Waals surface area contributed by atoms with Gasteiger partial charge in [-0.3, -0.25) is 4.79 Å². The lowest BCUT2D eigenvalue weighted by atomic mass is 10.00. The molecule has 0 N–H and O–H groups in total. The standard InChI is InChI=1S/C14H12O/c1-11(10-15)9-13-7-4-6-12-5-2-3-8-14(12)13/h2-8,10H,1,9H2. The number of rotatable bonds is 3. The van der Waals surface area contributed by atoms with Gasteiger partial charge in [0.15, 0.2) is 0 Å². The van der Waals surface area contributed by atoms with Gasteiger partial charge in [-0.15, -0.1) is 0 Å². The average molecular weight is 196 g/mol. The van der Waals surface area contributed by atoms with Gasteiger partial charge < -0.3 is 0 Å². The van der Waals surface area contributed by atoms with Gasteiger partial charge in [0.25, 0.3) is 0 Å². The van der Waals surface area contributed by atoms with Crippen LogP contribution in [0.2, 0.25) is 0 Å². The van der Waals surface area contributed by atoms with Gasteiger partial charge in [-0.1, -0.05) is 49.0 Å². The smallest absolute Gasteiger partial charge is 0.145 e. The summed E-state index contributed by atoms with van der Waals surface area (Å²) >= 11 is 0. The highest BCUT2D eigenvalue weighted by molar-refractivity contribution is 5.87. The molecule has 0 aliphatic rings. The highest BCUT2D eigenvalue weighted by Crippen LogP contribution is 2.20. The monoisotopic (exact) mass is 196 g/mol. The van der Waals surface area contributed by atoms with Crippen molar-refractivity contribution in [1.29, 1.82) is 0 Å². The summed E-state index contributed by atoms with van der Waals surface area (Å²) in [6.07, 6.45) is 1.45. The minimum absolute atomic E-state index is 0.617. The highest BCUT2D eigenvalue weighted by atomic mass is 16.1. The van der Waals surface area contributed by atoms with Crippen LogP contribution in [0.4, 0.5) is 0 Å². The van der Waals surface area contributed by atoms with Crippen molar-refractivity contribution in [3.8, 4) is 0 Å². The molecule has 74 valence electrons. The lowest BCUT2D eigenvalue weighted by Crippen LogP contribution is -1.91. The molecule has 0 spiro atoms. The maximum Gasteiger partial charge on any atom is 0.145 e. The third kappa shape index (κ3) is 1.96. The van der Waals surface area contributed by atoms with E-state index in [1.807, 2.05) is 24.3 Å². The third-order valence-corrected chi connectivity index (χ3v) is 2.46. The lowest BCUT2D eigenvalue weighted by Gasteiger charge is -2.05.